The predicted molar refractivity (Wildman–Crippen MR) is 341 cm³/mol. The van der Waals surface area contributed by atoms with Gasteiger partial charge in [0.05, 0.1) is 22.1 Å². The van der Waals surface area contributed by atoms with Crippen LogP contribution in [-0.2, 0) is 0 Å². The zero-order valence-electron chi connectivity index (χ0n) is 44.4. The van der Waals surface area contributed by atoms with Gasteiger partial charge in [0, 0.05) is 60.8 Å². The molecule has 0 aliphatic rings. The molecule has 13 rings (SSSR count). The van der Waals surface area contributed by atoms with Gasteiger partial charge < -0.3 is 13.4 Å². The second-order valence-corrected chi connectivity index (χ2v) is 19.8. The summed E-state index contributed by atoms with van der Waals surface area (Å²) < 4.78 is 15.7. The van der Waals surface area contributed by atoms with Gasteiger partial charge in [-0.25, -0.2) is 15.0 Å². The summed E-state index contributed by atoms with van der Waals surface area (Å²) >= 11 is 0. The number of para-hydroxylation sites is 2. The summed E-state index contributed by atoms with van der Waals surface area (Å²) in [5, 5.41) is 6.21. The van der Waals surface area contributed by atoms with Gasteiger partial charge in [-0.05, 0) is 105 Å². The number of aromatic nitrogens is 4. The van der Waals surface area contributed by atoms with Gasteiger partial charge in [-0.3, -0.25) is 0 Å². The number of nitrogens with zero attached hydrogens (tertiary/aromatic N) is 4. The predicted octanol–water partition coefficient (Wildman–Crippen LogP) is 20.4. The fraction of sp³-hybridized carbons (Fsp3) is 0. The molecule has 0 saturated heterocycles. The highest BCUT2D eigenvalue weighted by molar-refractivity contribution is 6.25. The molecule has 384 valence electrons. The highest BCUT2D eigenvalue weighted by Gasteiger charge is 2.26. The van der Waals surface area contributed by atoms with Crippen LogP contribution in [-0.4, -0.2) is 19.5 Å². The lowest BCUT2D eigenvalue weighted by atomic mass is 9.92. The van der Waals surface area contributed by atoms with Gasteiger partial charge in [0.15, 0.2) is 17.5 Å². The van der Waals surface area contributed by atoms with E-state index in [2.05, 4.69) is 171 Å². The fourth-order valence-electron chi connectivity index (χ4n) is 11.2. The number of allylic oxidation sites excluding steroid dienone is 12. The third kappa shape index (κ3) is 8.78. The molecule has 0 atom stereocenters. The number of hydrogen-bond acceptors (Lipinski definition) is 5. The topological polar surface area (TPSA) is 69.9 Å². The van der Waals surface area contributed by atoms with Gasteiger partial charge >= 0.3 is 0 Å². The van der Waals surface area contributed by atoms with Gasteiger partial charge in [0.1, 0.15) is 22.3 Å². The Hall–Kier alpha value is -11.0. The van der Waals surface area contributed by atoms with Crippen LogP contribution in [0, 0.1) is 0 Å². The quantitative estimate of drug-likeness (QED) is 0.0957. The maximum Gasteiger partial charge on any atom is 0.164 e. The Morgan fingerprint density at radius 1 is 0.420 bits per heavy atom. The van der Waals surface area contributed by atoms with Crippen LogP contribution in [0.15, 0.2) is 291 Å². The van der Waals surface area contributed by atoms with Gasteiger partial charge in [-0.1, -0.05) is 215 Å². The highest BCUT2D eigenvalue weighted by Crippen LogP contribution is 2.47. The highest BCUT2D eigenvalue weighted by atomic mass is 16.3. The molecule has 6 nitrogen and oxygen atoms in total. The molecule has 0 bridgehead atoms. The molecule has 0 spiro atoms. The SMILES string of the molecule is C=C/C=C\C(=C)c1cc(-c2ccccc2)cc(-c2nc(-c3ccc(/C(C=C)=C/C=C)cc3)nc(-c3cc(/C(C=C)=C/C=C)c(-n4c5ccccc5c5c6oc7cc8oc9ccccc9c8cc7c6ccc54)c(-c4ccccc4)c3)n2)c1. The minimum atomic E-state index is 0.478. The van der Waals surface area contributed by atoms with Crippen molar-refractivity contribution in [2.45, 2.75) is 0 Å². The smallest absolute Gasteiger partial charge is 0.164 e. The molecule has 0 N–H and O–H groups in total. The van der Waals surface area contributed by atoms with Crippen molar-refractivity contribution in [3.8, 4) is 62.1 Å². The van der Waals surface area contributed by atoms with E-state index in [1.54, 1.807) is 18.2 Å². The average molecular weight is 1040 g/mol. The number of fused-ring (bicyclic) bond motifs is 10. The molecule has 81 heavy (non-hydrogen) atoms. The van der Waals surface area contributed by atoms with Crippen LogP contribution >= 0.6 is 0 Å². The molecular formula is C75H52N4O2. The molecule has 13 aromatic rings. The number of benzene rings is 9. The lowest BCUT2D eigenvalue weighted by Crippen LogP contribution is -2.05. The van der Waals surface area contributed by atoms with E-state index in [0.29, 0.717) is 17.5 Å². The van der Waals surface area contributed by atoms with Crippen molar-refractivity contribution in [1.29, 1.82) is 0 Å². The molecule has 9 aromatic carbocycles. The number of rotatable bonds is 15. The van der Waals surface area contributed by atoms with Crippen LogP contribution in [0.5, 0.6) is 0 Å². The summed E-state index contributed by atoms with van der Waals surface area (Å²) in [5.74, 6) is 1.47. The van der Waals surface area contributed by atoms with Crippen molar-refractivity contribution >= 4 is 82.4 Å². The molecule has 4 heterocycles. The number of furan rings is 2. The maximum atomic E-state index is 7.00. The van der Waals surface area contributed by atoms with Gasteiger partial charge in [-0.15, -0.1) is 0 Å². The standard InChI is InChI=1S/C75H52N4O2/c1-7-12-25-47(6)54-40-55(50-26-15-13-16-27-50)42-56(41-54)74-76-73(53-36-34-51(35-37-53)48(10-4)23-8-2)77-75(78-74)57-43-61(49(11-5)24-9-3)71(62(44-57)52-28-17-14-18-29-52)79-65-32-21-19-31-60(65)70-66(79)39-38-59-64-45-63-58-30-20-22-33-67(58)80-68(63)46-69(64)81-72(59)70/h7-46H,1-6H2/b25-12-,48-23+,49-24+. The largest absolute Gasteiger partial charge is 0.456 e. The third-order valence-electron chi connectivity index (χ3n) is 15.0. The van der Waals surface area contributed by atoms with Crippen molar-refractivity contribution in [2.75, 3.05) is 0 Å². The summed E-state index contributed by atoms with van der Waals surface area (Å²) in [6, 6.07) is 65.1. The molecule has 4 aromatic heterocycles. The molecule has 0 radical (unpaired) electrons. The van der Waals surface area contributed by atoms with Crippen LogP contribution in [0.1, 0.15) is 16.7 Å². The van der Waals surface area contributed by atoms with Crippen molar-refractivity contribution in [3.05, 3.63) is 299 Å². The Morgan fingerprint density at radius 3 is 1.75 bits per heavy atom. The van der Waals surface area contributed by atoms with Crippen molar-refractivity contribution in [1.82, 2.24) is 19.5 Å². The Morgan fingerprint density at radius 2 is 1.04 bits per heavy atom. The van der Waals surface area contributed by atoms with Crippen LogP contribution in [0.25, 0.3) is 145 Å². The van der Waals surface area contributed by atoms with E-state index >= 15 is 0 Å². The molecule has 0 unspecified atom stereocenters. The van der Waals surface area contributed by atoms with E-state index in [0.717, 1.165) is 144 Å². The molecule has 0 fully saturated rings. The first kappa shape index (κ1) is 49.6. The van der Waals surface area contributed by atoms with E-state index in [-0.39, 0.29) is 0 Å². The molecule has 0 aliphatic carbocycles. The first-order valence-corrected chi connectivity index (χ1v) is 26.8. The van der Waals surface area contributed by atoms with E-state index < -0.39 is 0 Å². The first-order chi connectivity index (χ1) is 39.8. The fourth-order valence-corrected chi connectivity index (χ4v) is 11.2. The van der Waals surface area contributed by atoms with E-state index in [1.807, 2.05) is 97.1 Å². The van der Waals surface area contributed by atoms with E-state index in [4.69, 9.17) is 23.8 Å². The third-order valence-corrected chi connectivity index (χ3v) is 15.0. The minimum Gasteiger partial charge on any atom is -0.456 e. The Balaban J connectivity index is 1.09. The van der Waals surface area contributed by atoms with Crippen molar-refractivity contribution < 1.29 is 8.83 Å². The average Bonchev–Trinajstić information content (AvgIpc) is 4.40. The van der Waals surface area contributed by atoms with Gasteiger partial charge in [0.2, 0.25) is 0 Å². The molecule has 0 saturated carbocycles. The first-order valence-electron chi connectivity index (χ1n) is 26.8. The van der Waals surface area contributed by atoms with Gasteiger partial charge in [0.25, 0.3) is 0 Å². The zero-order chi connectivity index (χ0) is 55.1. The Labute approximate surface area is 469 Å². The Kier molecular flexibility index (Phi) is 12.7. The normalized spacial score (nSPS) is 12.1. The zero-order valence-corrected chi connectivity index (χ0v) is 44.4. The summed E-state index contributed by atoms with van der Waals surface area (Å²) in [5.41, 5.74) is 17.9. The van der Waals surface area contributed by atoms with Crippen LogP contribution in [0.4, 0.5) is 0 Å². The summed E-state index contributed by atoms with van der Waals surface area (Å²) in [6.45, 7) is 25.0. The summed E-state index contributed by atoms with van der Waals surface area (Å²) in [7, 11) is 0. The van der Waals surface area contributed by atoms with Crippen LogP contribution in [0.2, 0.25) is 0 Å². The van der Waals surface area contributed by atoms with Crippen LogP contribution in [0.3, 0.4) is 0 Å². The second kappa shape index (κ2) is 20.8. The second-order valence-electron chi connectivity index (χ2n) is 19.8. The Bertz CT molecular complexity index is 4850. The molecule has 0 aliphatic heterocycles. The van der Waals surface area contributed by atoms with Gasteiger partial charge in [-0.2, -0.15) is 0 Å². The minimum absolute atomic E-state index is 0.478. The van der Waals surface area contributed by atoms with Crippen molar-refractivity contribution in [3.63, 3.8) is 0 Å². The van der Waals surface area contributed by atoms with Crippen LogP contribution < -0.4 is 0 Å². The molecule has 0 amide bonds. The lowest BCUT2D eigenvalue weighted by molar-refractivity contribution is 0.658. The molecule has 6 heteroatoms. The summed E-state index contributed by atoms with van der Waals surface area (Å²) in [4.78, 5) is 16.2. The lowest BCUT2D eigenvalue weighted by Gasteiger charge is -2.21. The molecular weight excluding hydrogens is 989 g/mol. The van der Waals surface area contributed by atoms with Crippen molar-refractivity contribution in [2.24, 2.45) is 0 Å². The van der Waals surface area contributed by atoms with E-state index in [9.17, 15) is 0 Å². The monoisotopic (exact) mass is 1040 g/mol. The maximum absolute atomic E-state index is 7.00. The number of hydrogen-bond donors (Lipinski definition) is 0. The summed E-state index contributed by atoms with van der Waals surface area (Å²) in [6.07, 6.45) is 16.8. The van der Waals surface area contributed by atoms with E-state index in [1.165, 1.54) is 0 Å².